The number of rotatable bonds is 10. The fourth-order valence-electron chi connectivity index (χ4n) is 3.21. The van der Waals surface area contributed by atoms with Gasteiger partial charge in [0.15, 0.2) is 0 Å². The van der Waals surface area contributed by atoms with E-state index in [0.717, 1.165) is 49.3 Å². The molecule has 0 atom stereocenters. The number of anilines is 1. The van der Waals surface area contributed by atoms with Gasteiger partial charge in [-0.3, -0.25) is 5.73 Å². The Kier molecular flexibility index (Phi) is 6.99. The third-order valence-electron chi connectivity index (χ3n) is 5.04. The molecule has 2 heterocycles. The molecule has 0 aliphatic heterocycles. The molecule has 0 aliphatic carbocycles. The van der Waals surface area contributed by atoms with Crippen molar-refractivity contribution in [1.82, 2.24) is 9.13 Å². The van der Waals surface area contributed by atoms with E-state index in [1.165, 1.54) is 12.8 Å². The summed E-state index contributed by atoms with van der Waals surface area (Å²) in [5, 5.41) is 8.81. The van der Waals surface area contributed by atoms with Gasteiger partial charge in [-0.05, 0) is 37.1 Å². The second-order valence-electron chi connectivity index (χ2n) is 7.18. The van der Waals surface area contributed by atoms with Crippen LogP contribution in [0.4, 0.5) is 17.6 Å². The number of nitrogens with zero attached hydrogens (tertiary/aromatic N) is 6. The van der Waals surface area contributed by atoms with Crippen molar-refractivity contribution in [3.63, 3.8) is 0 Å². The highest BCUT2D eigenvalue weighted by molar-refractivity contribution is 5.40. The van der Waals surface area contributed by atoms with E-state index in [-0.39, 0.29) is 0 Å². The van der Waals surface area contributed by atoms with Crippen LogP contribution >= 0.6 is 0 Å². The fourth-order valence-corrected chi connectivity index (χ4v) is 3.21. The molecule has 8 heteroatoms. The summed E-state index contributed by atoms with van der Waals surface area (Å²) >= 11 is 0. The van der Waals surface area contributed by atoms with Gasteiger partial charge in [-0.2, -0.15) is 0 Å². The van der Waals surface area contributed by atoms with E-state index >= 15 is 0 Å². The van der Waals surface area contributed by atoms with Crippen molar-refractivity contribution in [3.05, 3.63) is 49.1 Å². The van der Waals surface area contributed by atoms with Gasteiger partial charge in [0.1, 0.15) is 11.4 Å². The number of benzene rings is 1. The van der Waals surface area contributed by atoms with Gasteiger partial charge in [0, 0.05) is 5.11 Å². The maximum absolute atomic E-state index is 6.02. The van der Waals surface area contributed by atoms with E-state index in [0.29, 0.717) is 0 Å². The molecule has 29 heavy (non-hydrogen) atoms. The number of unbranched alkanes of at least 4 members (excludes halogenated alkanes) is 3. The lowest BCUT2D eigenvalue weighted by Gasteiger charge is -2.02. The molecule has 3 aromatic rings. The minimum atomic E-state index is 0.802. The average Bonchev–Trinajstić information content (AvgIpc) is 3.25. The van der Waals surface area contributed by atoms with Crippen LogP contribution in [0.15, 0.2) is 59.3 Å². The lowest BCUT2D eigenvalue weighted by Crippen LogP contribution is -2.31. The van der Waals surface area contributed by atoms with Crippen LogP contribution in [0.5, 0.6) is 5.75 Å². The molecule has 3 rings (SSSR count). The molecule has 154 valence electrons. The van der Waals surface area contributed by atoms with Gasteiger partial charge >= 0.3 is 11.9 Å². The Morgan fingerprint density at radius 1 is 1.00 bits per heavy atom. The minimum Gasteiger partial charge on any atom is -0.497 e. The summed E-state index contributed by atoms with van der Waals surface area (Å²) < 4.78 is 13.3. The third-order valence-corrected chi connectivity index (χ3v) is 5.04. The molecule has 0 aliphatic rings. The molecule has 0 amide bonds. The van der Waals surface area contributed by atoms with Crippen LogP contribution in [-0.4, -0.2) is 16.2 Å². The Labute approximate surface area is 171 Å². The Morgan fingerprint density at radius 2 is 1.76 bits per heavy atom. The first-order valence-electron chi connectivity index (χ1n) is 9.99. The first kappa shape index (κ1) is 20.6. The molecule has 0 bridgehead atoms. The van der Waals surface area contributed by atoms with Crippen LogP contribution in [0, 0.1) is 0 Å². The Bertz CT molecular complexity index is 941. The lowest BCUT2D eigenvalue weighted by atomic mass is 10.2. The highest BCUT2D eigenvalue weighted by Crippen LogP contribution is 2.19. The number of nitrogens with two attached hydrogens (primary N) is 1. The molecule has 0 saturated carbocycles. The van der Waals surface area contributed by atoms with Crippen molar-refractivity contribution in [2.45, 2.75) is 38.8 Å². The van der Waals surface area contributed by atoms with Crippen molar-refractivity contribution < 1.29 is 13.9 Å². The SMILES string of the molecule is COc1ccc(/N=N/c2n(C)cc[n+]2CCCCCCn2cc[n+](C)c2N)cc1. The number of methoxy groups -OCH3 is 1. The first-order chi connectivity index (χ1) is 14.1. The Balaban J connectivity index is 1.46. The van der Waals surface area contributed by atoms with E-state index in [2.05, 4.69) is 25.6 Å². The van der Waals surface area contributed by atoms with Gasteiger partial charge in [-0.25, -0.2) is 18.3 Å². The summed E-state index contributed by atoms with van der Waals surface area (Å²) in [7, 11) is 5.60. The fraction of sp³-hybridized carbons (Fsp3) is 0.429. The number of azo groups is 1. The highest BCUT2D eigenvalue weighted by atomic mass is 16.5. The maximum atomic E-state index is 6.02. The predicted molar refractivity (Wildman–Crippen MR) is 111 cm³/mol. The number of hydrogen-bond donors (Lipinski definition) is 1. The van der Waals surface area contributed by atoms with Crippen molar-refractivity contribution in [2.75, 3.05) is 12.8 Å². The Morgan fingerprint density at radius 3 is 2.45 bits per heavy atom. The van der Waals surface area contributed by atoms with Crippen LogP contribution in [0.2, 0.25) is 0 Å². The largest absolute Gasteiger partial charge is 0.497 e. The van der Waals surface area contributed by atoms with Crippen LogP contribution < -0.4 is 19.6 Å². The van der Waals surface area contributed by atoms with Crippen LogP contribution in [0.3, 0.4) is 0 Å². The molecule has 2 aromatic heterocycles. The zero-order valence-corrected chi connectivity index (χ0v) is 17.5. The second-order valence-corrected chi connectivity index (χ2v) is 7.18. The standard InChI is InChI=1S/C21H30N7O/c1-25-14-16-27(20(25)22)12-6-4-5-7-13-28-17-15-26(2)21(28)24-23-18-8-10-19(29-3)11-9-18/h8-11,14-17,22H,4-7,12-13H2,1-3H3/q+1/p+1. The lowest BCUT2D eigenvalue weighted by molar-refractivity contribution is -0.684. The van der Waals surface area contributed by atoms with Gasteiger partial charge in [0.2, 0.25) is 0 Å². The molecule has 0 spiro atoms. The monoisotopic (exact) mass is 397 g/mol. The van der Waals surface area contributed by atoms with Gasteiger partial charge < -0.3 is 4.74 Å². The molecule has 8 nitrogen and oxygen atoms in total. The number of imidazole rings is 2. The molecule has 0 fully saturated rings. The number of hydrogen-bond acceptors (Lipinski definition) is 4. The summed E-state index contributed by atoms with van der Waals surface area (Å²) in [5.41, 5.74) is 6.82. The van der Waals surface area contributed by atoms with Gasteiger partial charge in [0.05, 0.1) is 59.1 Å². The summed E-state index contributed by atoms with van der Waals surface area (Å²) in [5.74, 6) is 2.45. The van der Waals surface area contributed by atoms with Gasteiger partial charge in [0.25, 0.3) is 0 Å². The zero-order valence-electron chi connectivity index (χ0n) is 17.5. The second kappa shape index (κ2) is 9.86. The molecule has 2 N–H and O–H groups in total. The van der Waals surface area contributed by atoms with Crippen molar-refractivity contribution in [3.8, 4) is 5.75 Å². The van der Waals surface area contributed by atoms with Crippen LogP contribution in [0.25, 0.3) is 0 Å². The maximum Gasteiger partial charge on any atom is 0.421 e. The number of ether oxygens (including phenoxy) is 1. The van der Waals surface area contributed by atoms with E-state index in [4.69, 9.17) is 10.5 Å². The predicted octanol–water partition coefficient (Wildman–Crippen LogP) is 3.21. The van der Waals surface area contributed by atoms with E-state index in [9.17, 15) is 0 Å². The zero-order chi connectivity index (χ0) is 20.6. The minimum absolute atomic E-state index is 0.802. The van der Waals surface area contributed by atoms with Crippen LogP contribution in [0.1, 0.15) is 25.7 Å². The van der Waals surface area contributed by atoms with E-state index in [1.54, 1.807) is 7.11 Å². The smallest absolute Gasteiger partial charge is 0.421 e. The Hall–Kier alpha value is -3.16. The average molecular weight is 398 g/mol. The topological polar surface area (TPSA) is 77.6 Å². The number of nitrogen functional groups attached to an aromatic ring is 1. The van der Waals surface area contributed by atoms with Gasteiger partial charge in [-0.1, -0.05) is 18.0 Å². The van der Waals surface area contributed by atoms with Crippen molar-refractivity contribution >= 4 is 17.6 Å². The summed E-state index contributed by atoms with van der Waals surface area (Å²) in [6.07, 6.45) is 12.7. The molecular weight excluding hydrogens is 366 g/mol. The summed E-state index contributed by atoms with van der Waals surface area (Å²) in [4.78, 5) is 0. The van der Waals surface area contributed by atoms with Crippen LogP contribution in [-0.2, 0) is 27.2 Å². The van der Waals surface area contributed by atoms with Crippen molar-refractivity contribution in [2.24, 2.45) is 24.3 Å². The van der Waals surface area contributed by atoms with Crippen molar-refractivity contribution in [1.29, 1.82) is 0 Å². The highest BCUT2D eigenvalue weighted by Gasteiger charge is 2.14. The molecular formula is C21H31N7O+2. The molecule has 0 saturated heterocycles. The molecule has 0 radical (unpaired) electrons. The number of aryl methyl sites for hydroxylation is 4. The summed E-state index contributed by atoms with van der Waals surface area (Å²) in [6, 6.07) is 7.56. The molecule has 0 unspecified atom stereocenters. The van der Waals surface area contributed by atoms with E-state index < -0.39 is 0 Å². The summed E-state index contributed by atoms with van der Waals surface area (Å²) in [6.45, 7) is 1.89. The van der Waals surface area contributed by atoms with E-state index in [1.807, 2.05) is 66.1 Å². The quantitative estimate of drug-likeness (QED) is 0.324. The normalized spacial score (nSPS) is 11.4. The molecule has 1 aromatic carbocycles. The first-order valence-corrected chi connectivity index (χ1v) is 9.99. The number of aromatic nitrogens is 4. The van der Waals surface area contributed by atoms with Gasteiger partial charge in [-0.15, -0.1) is 0 Å². The third kappa shape index (κ3) is 5.43.